The first-order chi connectivity index (χ1) is 16.4. The molecule has 3 heterocycles. The summed E-state index contributed by atoms with van der Waals surface area (Å²) in [5, 5.41) is 8.24. The number of nitrogens with zero attached hydrogens (tertiary/aromatic N) is 3. The maximum absolute atomic E-state index is 13.6. The van der Waals surface area contributed by atoms with Crippen molar-refractivity contribution in [2.24, 2.45) is 5.92 Å². The molecule has 0 amide bonds. The molecule has 176 valence electrons. The number of ether oxygens (including phenoxy) is 2. The molecule has 1 aromatic heterocycles. The van der Waals surface area contributed by atoms with Gasteiger partial charge in [0.25, 0.3) is 5.89 Å². The van der Waals surface area contributed by atoms with Crippen molar-refractivity contribution < 1.29 is 18.4 Å². The van der Waals surface area contributed by atoms with Crippen LogP contribution in [0.15, 0.2) is 52.7 Å². The van der Waals surface area contributed by atoms with Crippen LogP contribution in [0.25, 0.3) is 17.0 Å². The number of halogens is 1. The van der Waals surface area contributed by atoms with Gasteiger partial charge < -0.3 is 24.2 Å². The first-order valence-electron chi connectivity index (χ1n) is 11.2. The molecule has 7 nitrogen and oxygen atoms in total. The molecule has 34 heavy (non-hydrogen) atoms. The first kappa shape index (κ1) is 22.3. The molecular formula is C25H25FN4O3S. The van der Waals surface area contributed by atoms with Gasteiger partial charge in [-0.15, -0.1) is 0 Å². The molecule has 1 unspecified atom stereocenters. The van der Waals surface area contributed by atoms with E-state index in [2.05, 4.69) is 29.2 Å². The predicted octanol–water partition coefficient (Wildman–Crippen LogP) is 5.31. The summed E-state index contributed by atoms with van der Waals surface area (Å²) >= 11 is 5.70. The SMILES string of the molecule is CC1=C(c2nc(-c3ccc4c(c3)OCO4)no2)C(c2ccc(F)cc2)NC(=S)N1CCC(C)C. The third kappa shape index (κ3) is 4.23. The Morgan fingerprint density at radius 3 is 2.68 bits per heavy atom. The maximum atomic E-state index is 13.6. The second-order valence-corrected chi connectivity index (χ2v) is 9.15. The van der Waals surface area contributed by atoms with Gasteiger partial charge in [-0.3, -0.25) is 0 Å². The van der Waals surface area contributed by atoms with Crippen molar-refractivity contribution in [3.8, 4) is 22.9 Å². The minimum atomic E-state index is -0.353. The number of allylic oxidation sites excluding steroid dienone is 1. The number of nitrogens with one attached hydrogen (secondary N) is 1. The van der Waals surface area contributed by atoms with Crippen LogP contribution in [0.1, 0.15) is 44.7 Å². The van der Waals surface area contributed by atoms with Gasteiger partial charge >= 0.3 is 0 Å². The molecule has 0 bridgehead atoms. The fraction of sp³-hybridized carbons (Fsp3) is 0.320. The zero-order chi connectivity index (χ0) is 23.8. The Hall–Kier alpha value is -3.46. The van der Waals surface area contributed by atoms with Crippen molar-refractivity contribution in [2.45, 2.75) is 33.2 Å². The van der Waals surface area contributed by atoms with E-state index < -0.39 is 0 Å². The molecule has 5 rings (SSSR count). The highest BCUT2D eigenvalue weighted by molar-refractivity contribution is 7.80. The monoisotopic (exact) mass is 480 g/mol. The number of hydrogen-bond acceptors (Lipinski definition) is 6. The Balaban J connectivity index is 1.55. The Morgan fingerprint density at radius 2 is 1.91 bits per heavy atom. The zero-order valence-electron chi connectivity index (χ0n) is 19.2. The summed E-state index contributed by atoms with van der Waals surface area (Å²) < 4.78 is 30.3. The highest BCUT2D eigenvalue weighted by Gasteiger charge is 2.34. The molecule has 2 aliphatic heterocycles. The average Bonchev–Trinajstić information content (AvgIpc) is 3.48. The van der Waals surface area contributed by atoms with Gasteiger partial charge in [-0.25, -0.2) is 4.39 Å². The maximum Gasteiger partial charge on any atom is 0.258 e. The van der Waals surface area contributed by atoms with Crippen LogP contribution in [0.4, 0.5) is 4.39 Å². The van der Waals surface area contributed by atoms with Crippen molar-refractivity contribution in [1.82, 2.24) is 20.4 Å². The molecule has 9 heteroatoms. The highest BCUT2D eigenvalue weighted by atomic mass is 32.1. The average molecular weight is 481 g/mol. The van der Waals surface area contributed by atoms with Crippen molar-refractivity contribution in [2.75, 3.05) is 13.3 Å². The molecule has 0 saturated heterocycles. The van der Waals surface area contributed by atoms with E-state index in [-0.39, 0.29) is 18.7 Å². The van der Waals surface area contributed by atoms with Crippen LogP contribution in [0.3, 0.4) is 0 Å². The molecule has 1 atom stereocenters. The summed E-state index contributed by atoms with van der Waals surface area (Å²) in [5.41, 5.74) is 3.35. The van der Waals surface area contributed by atoms with Crippen molar-refractivity contribution in [3.63, 3.8) is 0 Å². The van der Waals surface area contributed by atoms with Gasteiger partial charge in [0.2, 0.25) is 12.6 Å². The minimum Gasteiger partial charge on any atom is -0.454 e. The minimum absolute atomic E-state index is 0.194. The third-order valence-electron chi connectivity index (χ3n) is 6.02. The van der Waals surface area contributed by atoms with Gasteiger partial charge in [0.1, 0.15) is 5.82 Å². The fourth-order valence-electron chi connectivity index (χ4n) is 4.11. The van der Waals surface area contributed by atoms with Crippen LogP contribution < -0.4 is 14.8 Å². The standard InChI is InChI=1S/C25H25FN4O3S/c1-14(2)10-11-30-15(3)21(22(27-25(30)34)16-4-7-18(26)8-5-16)24-28-23(29-33-24)17-6-9-19-20(12-17)32-13-31-19/h4-9,12,14,22H,10-11,13H2,1-3H3,(H,27,34). The lowest BCUT2D eigenvalue weighted by molar-refractivity contribution is 0.174. The summed E-state index contributed by atoms with van der Waals surface area (Å²) in [6.45, 7) is 7.32. The van der Waals surface area contributed by atoms with Crippen molar-refractivity contribution in [3.05, 3.63) is 65.4 Å². The van der Waals surface area contributed by atoms with Crippen LogP contribution in [-0.4, -0.2) is 33.5 Å². The van der Waals surface area contributed by atoms with Gasteiger partial charge in [-0.2, -0.15) is 4.98 Å². The zero-order valence-corrected chi connectivity index (χ0v) is 20.0. The normalized spacial score (nSPS) is 17.5. The topological polar surface area (TPSA) is 72.6 Å². The van der Waals surface area contributed by atoms with E-state index in [1.807, 2.05) is 25.1 Å². The summed E-state index contributed by atoms with van der Waals surface area (Å²) in [7, 11) is 0. The van der Waals surface area contributed by atoms with E-state index >= 15 is 0 Å². The summed E-state index contributed by atoms with van der Waals surface area (Å²) in [5.74, 6) is 2.37. The lowest BCUT2D eigenvalue weighted by Gasteiger charge is -2.37. The van der Waals surface area contributed by atoms with E-state index in [0.717, 1.165) is 35.4 Å². The van der Waals surface area contributed by atoms with Gasteiger partial charge in [-0.1, -0.05) is 31.1 Å². The summed E-state index contributed by atoms with van der Waals surface area (Å²) in [6.07, 6.45) is 0.972. The number of rotatable bonds is 6. The van der Waals surface area contributed by atoms with E-state index in [1.165, 1.54) is 12.1 Å². The molecule has 3 aromatic rings. The molecule has 0 saturated carbocycles. The lowest BCUT2D eigenvalue weighted by atomic mass is 9.94. The number of thiocarbonyl (C=S) groups is 1. The summed E-state index contributed by atoms with van der Waals surface area (Å²) in [6, 6.07) is 11.5. The van der Waals surface area contributed by atoms with Crippen LogP contribution in [0, 0.1) is 11.7 Å². The van der Waals surface area contributed by atoms with Gasteiger partial charge in [0.15, 0.2) is 16.6 Å². The van der Waals surface area contributed by atoms with Crippen LogP contribution in [0.2, 0.25) is 0 Å². The van der Waals surface area contributed by atoms with Gasteiger partial charge in [0, 0.05) is 17.8 Å². The molecule has 2 aliphatic rings. The van der Waals surface area contributed by atoms with Gasteiger partial charge in [-0.05, 0) is 67.4 Å². The molecule has 1 N–H and O–H groups in total. The first-order valence-corrected chi connectivity index (χ1v) is 11.6. The molecule has 0 fully saturated rings. The summed E-state index contributed by atoms with van der Waals surface area (Å²) in [4.78, 5) is 6.78. The number of benzene rings is 2. The fourth-order valence-corrected chi connectivity index (χ4v) is 4.45. The molecule has 2 aromatic carbocycles. The van der Waals surface area contributed by atoms with Crippen molar-refractivity contribution >= 4 is 22.9 Å². The van der Waals surface area contributed by atoms with Crippen LogP contribution in [0.5, 0.6) is 11.5 Å². The Kier molecular flexibility index (Phi) is 5.95. The predicted molar refractivity (Wildman–Crippen MR) is 129 cm³/mol. The lowest BCUT2D eigenvalue weighted by Crippen LogP contribution is -2.46. The van der Waals surface area contributed by atoms with Crippen molar-refractivity contribution in [1.29, 1.82) is 0 Å². The second kappa shape index (κ2) is 9.06. The van der Waals surface area contributed by atoms with E-state index in [0.29, 0.717) is 34.2 Å². The van der Waals surface area contributed by atoms with Gasteiger partial charge in [0.05, 0.1) is 11.6 Å². The second-order valence-electron chi connectivity index (χ2n) is 8.76. The Morgan fingerprint density at radius 1 is 1.15 bits per heavy atom. The largest absolute Gasteiger partial charge is 0.454 e. The number of aromatic nitrogens is 2. The molecule has 0 radical (unpaired) electrons. The molecule has 0 spiro atoms. The highest BCUT2D eigenvalue weighted by Crippen LogP contribution is 2.39. The number of fused-ring (bicyclic) bond motifs is 1. The molecular weight excluding hydrogens is 455 g/mol. The van der Waals surface area contributed by atoms with E-state index in [4.69, 9.17) is 31.2 Å². The third-order valence-corrected chi connectivity index (χ3v) is 6.36. The molecule has 0 aliphatic carbocycles. The van der Waals surface area contributed by atoms with E-state index in [9.17, 15) is 4.39 Å². The van der Waals surface area contributed by atoms with Crippen LogP contribution >= 0.6 is 12.2 Å². The Bertz CT molecular complexity index is 1260. The smallest absolute Gasteiger partial charge is 0.258 e. The quantitative estimate of drug-likeness (QED) is 0.476. The van der Waals surface area contributed by atoms with E-state index in [1.54, 1.807) is 12.1 Å². The Labute approximate surface area is 202 Å². The number of hydrogen-bond donors (Lipinski definition) is 1. The van der Waals surface area contributed by atoms with Crippen LogP contribution in [-0.2, 0) is 0 Å².